The van der Waals surface area contributed by atoms with Crippen LogP contribution in [0.4, 0.5) is 5.69 Å². The molecule has 17 heavy (non-hydrogen) atoms. The summed E-state index contributed by atoms with van der Waals surface area (Å²) in [7, 11) is 0. The summed E-state index contributed by atoms with van der Waals surface area (Å²) >= 11 is 0. The molecule has 0 spiro atoms. The van der Waals surface area contributed by atoms with Crippen molar-refractivity contribution in [3.63, 3.8) is 0 Å². The molecule has 0 saturated carbocycles. The average molecular weight is 234 g/mol. The lowest BCUT2D eigenvalue weighted by molar-refractivity contribution is -0.128. The molecule has 1 heterocycles. The largest absolute Gasteiger partial charge is 0.399 e. The molecule has 0 radical (unpaired) electrons. The van der Waals surface area contributed by atoms with Gasteiger partial charge in [-0.25, -0.2) is 0 Å². The van der Waals surface area contributed by atoms with Crippen LogP contribution in [-0.2, 0) is 9.53 Å². The van der Waals surface area contributed by atoms with E-state index in [1.165, 1.54) is 0 Å². The molecule has 92 valence electrons. The van der Waals surface area contributed by atoms with Gasteiger partial charge >= 0.3 is 0 Å². The Morgan fingerprint density at radius 3 is 2.53 bits per heavy atom. The number of nitrogen functional groups attached to an aromatic ring is 1. The molecule has 0 aromatic heterocycles. The third-order valence-electron chi connectivity index (χ3n) is 3.39. The normalized spacial score (nSPS) is 33.3. The van der Waals surface area contributed by atoms with E-state index in [-0.39, 0.29) is 24.3 Å². The third kappa shape index (κ3) is 2.48. The van der Waals surface area contributed by atoms with Gasteiger partial charge in [0.05, 0.1) is 12.1 Å². The molecule has 4 heteroatoms. The van der Waals surface area contributed by atoms with Crippen molar-refractivity contribution in [2.75, 3.05) is 5.73 Å². The minimum atomic E-state index is -0.239. The Morgan fingerprint density at radius 1 is 1.29 bits per heavy atom. The maximum absolute atomic E-state index is 11.0. The molecule has 4 nitrogen and oxygen atoms in total. The number of carbonyl (C=O) groups is 1. The van der Waals surface area contributed by atoms with Crippen molar-refractivity contribution in [1.82, 2.24) is 5.32 Å². The lowest BCUT2D eigenvalue weighted by atomic mass is 9.94. The van der Waals surface area contributed by atoms with E-state index in [0.717, 1.165) is 17.5 Å². The van der Waals surface area contributed by atoms with E-state index >= 15 is 0 Å². The van der Waals surface area contributed by atoms with Gasteiger partial charge in [0, 0.05) is 11.6 Å². The average Bonchev–Trinajstić information content (AvgIpc) is 2.33. The second kappa shape index (κ2) is 4.85. The van der Waals surface area contributed by atoms with Crippen molar-refractivity contribution in [1.29, 1.82) is 0 Å². The highest BCUT2D eigenvalue weighted by Gasteiger charge is 2.33. The van der Waals surface area contributed by atoms with Gasteiger partial charge in [0.25, 0.3) is 0 Å². The van der Waals surface area contributed by atoms with E-state index in [2.05, 4.69) is 5.32 Å². The molecular weight excluding hydrogens is 216 g/mol. The van der Waals surface area contributed by atoms with Gasteiger partial charge in [0.1, 0.15) is 12.5 Å². The first kappa shape index (κ1) is 12.1. The number of hydrogen-bond acceptors (Lipinski definition) is 4. The Bertz CT molecular complexity index is 391. The zero-order chi connectivity index (χ0) is 12.4. The molecule has 1 aromatic carbocycles. The summed E-state index contributed by atoms with van der Waals surface area (Å²) in [5, 5.41) is 3.19. The summed E-state index contributed by atoms with van der Waals surface area (Å²) < 4.78 is 5.85. The number of anilines is 1. The first-order valence-corrected chi connectivity index (χ1v) is 5.84. The van der Waals surface area contributed by atoms with Crippen molar-refractivity contribution >= 4 is 12.0 Å². The van der Waals surface area contributed by atoms with Gasteiger partial charge < -0.3 is 15.3 Å². The molecule has 0 bridgehead atoms. The van der Waals surface area contributed by atoms with Crippen LogP contribution in [0.2, 0.25) is 0 Å². The Labute approximate surface area is 101 Å². The first-order chi connectivity index (χ1) is 8.11. The fourth-order valence-electron chi connectivity index (χ4n) is 2.01. The summed E-state index contributed by atoms with van der Waals surface area (Å²) in [6.45, 7) is 4.00. The highest BCUT2D eigenvalue weighted by Crippen LogP contribution is 2.27. The zero-order valence-corrected chi connectivity index (χ0v) is 10.1. The Hall–Kier alpha value is -1.39. The molecule has 0 amide bonds. The molecule has 4 atom stereocenters. The van der Waals surface area contributed by atoms with Gasteiger partial charge in [-0.3, -0.25) is 5.32 Å². The Morgan fingerprint density at radius 2 is 1.94 bits per heavy atom. The lowest BCUT2D eigenvalue weighted by Gasteiger charge is -2.38. The standard InChI is InChI=1S/C13H18N2O2/c1-8-9(2)17-13(15-12(8)7-16)10-3-5-11(14)6-4-10/h3-9,12-13,15H,14H2,1-2H3/t8-,9-,12+,13+/m0/s1. The number of aldehydes is 1. The zero-order valence-electron chi connectivity index (χ0n) is 10.1. The summed E-state index contributed by atoms with van der Waals surface area (Å²) in [5.74, 6) is 0.178. The van der Waals surface area contributed by atoms with Gasteiger partial charge in [-0.1, -0.05) is 19.1 Å². The van der Waals surface area contributed by atoms with Crippen LogP contribution >= 0.6 is 0 Å². The highest BCUT2D eigenvalue weighted by molar-refractivity contribution is 5.58. The number of ether oxygens (including phenoxy) is 1. The minimum absolute atomic E-state index is 0.0500. The van der Waals surface area contributed by atoms with Crippen molar-refractivity contribution in [3.05, 3.63) is 29.8 Å². The maximum atomic E-state index is 11.0. The van der Waals surface area contributed by atoms with E-state index in [0.29, 0.717) is 0 Å². The van der Waals surface area contributed by atoms with Gasteiger partial charge in [-0.05, 0) is 24.6 Å². The number of nitrogens with two attached hydrogens (primary N) is 1. The molecule has 1 saturated heterocycles. The van der Waals surface area contributed by atoms with E-state index in [4.69, 9.17) is 10.5 Å². The van der Waals surface area contributed by atoms with Gasteiger partial charge in [0.15, 0.2) is 0 Å². The molecule has 0 unspecified atom stereocenters. The van der Waals surface area contributed by atoms with Crippen LogP contribution in [0.25, 0.3) is 0 Å². The Balaban J connectivity index is 2.17. The van der Waals surface area contributed by atoms with Crippen LogP contribution in [-0.4, -0.2) is 18.4 Å². The second-order valence-corrected chi connectivity index (χ2v) is 4.58. The molecular formula is C13H18N2O2. The minimum Gasteiger partial charge on any atom is -0.399 e. The van der Waals surface area contributed by atoms with Crippen molar-refractivity contribution < 1.29 is 9.53 Å². The molecule has 2 rings (SSSR count). The van der Waals surface area contributed by atoms with E-state index in [1.54, 1.807) is 0 Å². The quantitative estimate of drug-likeness (QED) is 0.601. The summed E-state index contributed by atoms with van der Waals surface area (Å²) in [4.78, 5) is 11.0. The van der Waals surface area contributed by atoms with Crippen molar-refractivity contribution in [2.45, 2.75) is 32.2 Å². The van der Waals surface area contributed by atoms with Gasteiger partial charge in [-0.15, -0.1) is 0 Å². The lowest BCUT2D eigenvalue weighted by Crippen LogP contribution is -2.50. The van der Waals surface area contributed by atoms with Crippen LogP contribution in [0, 0.1) is 5.92 Å². The molecule has 0 aliphatic carbocycles. The van der Waals surface area contributed by atoms with Crippen LogP contribution in [0.15, 0.2) is 24.3 Å². The van der Waals surface area contributed by atoms with Gasteiger partial charge in [0.2, 0.25) is 0 Å². The summed E-state index contributed by atoms with van der Waals surface area (Å²) in [5.41, 5.74) is 7.35. The highest BCUT2D eigenvalue weighted by atomic mass is 16.5. The predicted molar refractivity (Wildman–Crippen MR) is 66.3 cm³/mol. The number of benzene rings is 1. The van der Waals surface area contributed by atoms with Crippen LogP contribution < -0.4 is 11.1 Å². The SMILES string of the molecule is C[C@H]1[C@H](C)O[C@H](c2ccc(N)cc2)N[C@@H]1C=O. The van der Waals surface area contributed by atoms with Crippen LogP contribution in [0.5, 0.6) is 0 Å². The Kier molecular flexibility index (Phi) is 3.45. The van der Waals surface area contributed by atoms with E-state index in [9.17, 15) is 4.79 Å². The predicted octanol–water partition coefficient (Wildman–Crippen LogP) is 1.48. The maximum Gasteiger partial charge on any atom is 0.137 e. The molecule has 1 aliphatic heterocycles. The molecule has 1 aromatic rings. The summed E-state index contributed by atoms with van der Waals surface area (Å²) in [6.07, 6.45) is 0.763. The fourth-order valence-corrected chi connectivity index (χ4v) is 2.01. The molecule has 1 aliphatic rings. The molecule has 1 fully saturated rings. The number of rotatable bonds is 2. The van der Waals surface area contributed by atoms with Crippen molar-refractivity contribution in [3.8, 4) is 0 Å². The topological polar surface area (TPSA) is 64.3 Å². The summed E-state index contributed by atoms with van der Waals surface area (Å²) in [6, 6.07) is 7.33. The van der Waals surface area contributed by atoms with Crippen LogP contribution in [0.1, 0.15) is 25.6 Å². The van der Waals surface area contributed by atoms with E-state index < -0.39 is 0 Å². The number of nitrogens with one attached hydrogen (secondary N) is 1. The molecule has 3 N–H and O–H groups in total. The second-order valence-electron chi connectivity index (χ2n) is 4.58. The monoisotopic (exact) mass is 234 g/mol. The van der Waals surface area contributed by atoms with Gasteiger partial charge in [-0.2, -0.15) is 0 Å². The number of carbonyl (C=O) groups excluding carboxylic acids is 1. The third-order valence-corrected chi connectivity index (χ3v) is 3.39. The first-order valence-electron chi connectivity index (χ1n) is 5.84. The fraction of sp³-hybridized carbons (Fsp3) is 0.462. The smallest absolute Gasteiger partial charge is 0.137 e. The van der Waals surface area contributed by atoms with Crippen molar-refractivity contribution in [2.24, 2.45) is 5.92 Å². The van der Waals surface area contributed by atoms with E-state index in [1.807, 2.05) is 38.1 Å². The van der Waals surface area contributed by atoms with Crippen LogP contribution in [0.3, 0.4) is 0 Å². The number of hydrogen-bond donors (Lipinski definition) is 2.